The number of ether oxygens (including phenoxy) is 1. The van der Waals surface area contributed by atoms with Gasteiger partial charge in [0.15, 0.2) is 0 Å². The standard InChI is InChI=1S/C17H35NO2/c1-4-17(14-19,18-15(2)3)12-9-13-20-16-10-7-5-6-8-11-16/h15-16,18-19H,4-14H2,1-3H3. The Bertz CT molecular complexity index is 231. The van der Waals surface area contributed by atoms with Gasteiger partial charge in [-0.3, -0.25) is 0 Å². The first-order valence-electron chi connectivity index (χ1n) is 8.62. The molecular weight excluding hydrogens is 250 g/mol. The summed E-state index contributed by atoms with van der Waals surface area (Å²) in [5.41, 5.74) is -0.124. The van der Waals surface area contributed by atoms with Crippen molar-refractivity contribution in [3.63, 3.8) is 0 Å². The van der Waals surface area contributed by atoms with Gasteiger partial charge in [0, 0.05) is 18.2 Å². The van der Waals surface area contributed by atoms with E-state index >= 15 is 0 Å². The van der Waals surface area contributed by atoms with E-state index in [2.05, 4.69) is 26.1 Å². The summed E-state index contributed by atoms with van der Waals surface area (Å²) in [6.45, 7) is 7.49. The van der Waals surface area contributed by atoms with Gasteiger partial charge in [0.25, 0.3) is 0 Å². The summed E-state index contributed by atoms with van der Waals surface area (Å²) in [6, 6.07) is 0.407. The second kappa shape index (κ2) is 9.75. The maximum absolute atomic E-state index is 9.71. The highest BCUT2D eigenvalue weighted by molar-refractivity contribution is 4.87. The minimum atomic E-state index is -0.124. The van der Waals surface area contributed by atoms with Crippen molar-refractivity contribution in [2.75, 3.05) is 13.2 Å². The second-order valence-corrected chi connectivity index (χ2v) is 6.68. The Kier molecular flexibility index (Phi) is 8.74. The smallest absolute Gasteiger partial charge is 0.0613 e. The molecule has 0 aliphatic heterocycles. The van der Waals surface area contributed by atoms with Crippen LogP contribution in [0.2, 0.25) is 0 Å². The molecule has 0 amide bonds. The molecule has 20 heavy (non-hydrogen) atoms. The van der Waals surface area contributed by atoms with Crippen molar-refractivity contribution in [1.82, 2.24) is 5.32 Å². The second-order valence-electron chi connectivity index (χ2n) is 6.68. The van der Waals surface area contributed by atoms with Crippen molar-refractivity contribution in [3.05, 3.63) is 0 Å². The normalized spacial score (nSPS) is 20.9. The van der Waals surface area contributed by atoms with Crippen LogP contribution >= 0.6 is 0 Å². The summed E-state index contributed by atoms with van der Waals surface area (Å²) in [7, 11) is 0. The van der Waals surface area contributed by atoms with Crippen LogP contribution in [0.25, 0.3) is 0 Å². The van der Waals surface area contributed by atoms with E-state index in [4.69, 9.17) is 4.74 Å². The average Bonchev–Trinajstić information content (AvgIpc) is 2.70. The fourth-order valence-electron chi connectivity index (χ4n) is 3.27. The van der Waals surface area contributed by atoms with Crippen LogP contribution in [0, 0.1) is 0 Å². The van der Waals surface area contributed by atoms with Crippen molar-refractivity contribution < 1.29 is 9.84 Å². The third-order valence-electron chi connectivity index (χ3n) is 4.53. The van der Waals surface area contributed by atoms with Gasteiger partial charge in [-0.2, -0.15) is 0 Å². The summed E-state index contributed by atoms with van der Waals surface area (Å²) in [5, 5.41) is 13.2. The molecule has 0 heterocycles. The molecule has 0 spiro atoms. The molecule has 0 aromatic carbocycles. The molecule has 3 heteroatoms. The van der Waals surface area contributed by atoms with Crippen LogP contribution < -0.4 is 5.32 Å². The van der Waals surface area contributed by atoms with Gasteiger partial charge in [0.1, 0.15) is 0 Å². The van der Waals surface area contributed by atoms with Crippen molar-refractivity contribution >= 4 is 0 Å². The third-order valence-corrected chi connectivity index (χ3v) is 4.53. The van der Waals surface area contributed by atoms with E-state index in [1.54, 1.807) is 0 Å². The van der Waals surface area contributed by atoms with Gasteiger partial charge in [-0.15, -0.1) is 0 Å². The summed E-state index contributed by atoms with van der Waals surface area (Å²) < 4.78 is 6.04. The Morgan fingerprint density at radius 3 is 2.35 bits per heavy atom. The number of aliphatic hydroxyl groups is 1. The zero-order chi connectivity index (χ0) is 14.8. The van der Waals surface area contributed by atoms with Crippen LogP contribution in [-0.2, 0) is 4.74 Å². The van der Waals surface area contributed by atoms with Gasteiger partial charge in [-0.1, -0.05) is 46.5 Å². The number of hydrogen-bond acceptors (Lipinski definition) is 3. The Labute approximate surface area is 125 Å². The molecule has 1 aliphatic carbocycles. The van der Waals surface area contributed by atoms with Gasteiger partial charge in [-0.05, 0) is 32.1 Å². The molecule has 1 saturated carbocycles. The van der Waals surface area contributed by atoms with Gasteiger partial charge in [0.05, 0.1) is 12.7 Å². The summed E-state index contributed by atoms with van der Waals surface area (Å²) in [6.07, 6.45) is 11.4. The largest absolute Gasteiger partial charge is 0.394 e. The molecular formula is C17H35NO2. The van der Waals surface area contributed by atoms with Crippen molar-refractivity contribution in [1.29, 1.82) is 0 Å². The maximum atomic E-state index is 9.71. The number of nitrogens with one attached hydrogen (secondary N) is 1. The molecule has 0 aromatic rings. The molecule has 120 valence electrons. The Hall–Kier alpha value is -0.120. The zero-order valence-electron chi connectivity index (χ0n) is 13.8. The Morgan fingerprint density at radius 1 is 1.20 bits per heavy atom. The van der Waals surface area contributed by atoms with Gasteiger partial charge < -0.3 is 15.2 Å². The van der Waals surface area contributed by atoms with Gasteiger partial charge >= 0.3 is 0 Å². The first kappa shape index (κ1) is 17.9. The third kappa shape index (κ3) is 6.55. The van der Waals surface area contributed by atoms with Crippen LogP contribution in [0.15, 0.2) is 0 Å². The number of rotatable bonds is 9. The molecule has 0 radical (unpaired) electrons. The Morgan fingerprint density at radius 2 is 1.85 bits per heavy atom. The molecule has 1 atom stereocenters. The molecule has 2 N–H and O–H groups in total. The topological polar surface area (TPSA) is 41.5 Å². The highest BCUT2D eigenvalue weighted by atomic mass is 16.5. The van der Waals surface area contributed by atoms with Crippen LogP contribution in [0.3, 0.4) is 0 Å². The Balaban J connectivity index is 2.25. The lowest BCUT2D eigenvalue weighted by molar-refractivity contribution is 0.0333. The van der Waals surface area contributed by atoms with Crippen molar-refractivity contribution in [2.24, 2.45) is 0 Å². The van der Waals surface area contributed by atoms with Crippen LogP contribution in [0.1, 0.15) is 78.6 Å². The molecule has 0 aromatic heterocycles. The molecule has 1 rings (SSSR count). The molecule has 3 nitrogen and oxygen atoms in total. The van der Waals surface area contributed by atoms with Crippen LogP contribution in [-0.4, -0.2) is 36.0 Å². The monoisotopic (exact) mass is 285 g/mol. The zero-order valence-corrected chi connectivity index (χ0v) is 13.8. The highest BCUT2D eigenvalue weighted by Gasteiger charge is 2.27. The fourth-order valence-corrected chi connectivity index (χ4v) is 3.27. The number of hydrogen-bond donors (Lipinski definition) is 2. The maximum Gasteiger partial charge on any atom is 0.0613 e. The van der Waals surface area contributed by atoms with Gasteiger partial charge in [-0.25, -0.2) is 0 Å². The van der Waals surface area contributed by atoms with Crippen LogP contribution in [0.4, 0.5) is 0 Å². The van der Waals surface area contributed by atoms with E-state index < -0.39 is 0 Å². The lowest BCUT2D eigenvalue weighted by Gasteiger charge is -2.34. The lowest BCUT2D eigenvalue weighted by Crippen LogP contribution is -2.51. The minimum Gasteiger partial charge on any atom is -0.394 e. The van der Waals surface area contributed by atoms with E-state index in [1.165, 1.54) is 38.5 Å². The van der Waals surface area contributed by atoms with E-state index in [0.717, 1.165) is 25.9 Å². The number of aliphatic hydroxyl groups excluding tert-OH is 1. The highest BCUT2D eigenvalue weighted by Crippen LogP contribution is 2.22. The van der Waals surface area contributed by atoms with E-state index in [9.17, 15) is 5.11 Å². The summed E-state index contributed by atoms with van der Waals surface area (Å²) in [4.78, 5) is 0. The summed E-state index contributed by atoms with van der Waals surface area (Å²) in [5.74, 6) is 0. The molecule has 0 saturated heterocycles. The first-order chi connectivity index (χ1) is 9.62. The van der Waals surface area contributed by atoms with Crippen molar-refractivity contribution in [2.45, 2.75) is 96.2 Å². The van der Waals surface area contributed by atoms with E-state index in [1.807, 2.05) is 0 Å². The predicted molar refractivity (Wildman–Crippen MR) is 85.1 cm³/mol. The predicted octanol–water partition coefficient (Wildman–Crippen LogP) is 3.65. The minimum absolute atomic E-state index is 0.124. The average molecular weight is 285 g/mol. The molecule has 0 bridgehead atoms. The van der Waals surface area contributed by atoms with E-state index in [-0.39, 0.29) is 12.1 Å². The quantitative estimate of drug-likeness (QED) is 0.502. The molecule has 1 fully saturated rings. The molecule has 1 unspecified atom stereocenters. The molecule has 1 aliphatic rings. The SMILES string of the molecule is CCC(CO)(CCCOC1CCCCCC1)NC(C)C. The van der Waals surface area contributed by atoms with E-state index in [0.29, 0.717) is 12.1 Å². The lowest BCUT2D eigenvalue weighted by atomic mass is 9.90. The summed E-state index contributed by atoms with van der Waals surface area (Å²) >= 11 is 0. The van der Waals surface area contributed by atoms with Crippen LogP contribution in [0.5, 0.6) is 0 Å². The van der Waals surface area contributed by atoms with Crippen molar-refractivity contribution in [3.8, 4) is 0 Å². The fraction of sp³-hybridized carbons (Fsp3) is 1.00. The van der Waals surface area contributed by atoms with Gasteiger partial charge in [0.2, 0.25) is 0 Å². The first-order valence-corrected chi connectivity index (χ1v) is 8.62.